The molecule has 224 valence electrons. The summed E-state index contributed by atoms with van der Waals surface area (Å²) in [5.41, 5.74) is 3.62. The zero-order valence-corrected chi connectivity index (χ0v) is 23.6. The van der Waals surface area contributed by atoms with Gasteiger partial charge in [-0.05, 0) is 54.4 Å². The molecular weight excluding hydrogens is 540 g/mol. The molecule has 0 aromatic heterocycles. The van der Waals surface area contributed by atoms with Crippen LogP contribution in [0.3, 0.4) is 0 Å². The highest BCUT2D eigenvalue weighted by Gasteiger charge is 2.33. The number of carbonyl (C=O) groups is 2. The third-order valence-corrected chi connectivity index (χ3v) is 7.11. The summed E-state index contributed by atoms with van der Waals surface area (Å²) in [6, 6.07) is 21.3. The van der Waals surface area contributed by atoms with Crippen molar-refractivity contribution in [3.63, 3.8) is 0 Å². The van der Waals surface area contributed by atoms with Crippen LogP contribution in [0.25, 0.3) is 0 Å². The molecule has 3 aromatic rings. The van der Waals surface area contributed by atoms with Crippen molar-refractivity contribution in [2.75, 3.05) is 25.5 Å². The summed E-state index contributed by atoms with van der Waals surface area (Å²) in [5.74, 6) is -1.12. The van der Waals surface area contributed by atoms with Crippen molar-refractivity contribution >= 4 is 17.6 Å². The highest BCUT2D eigenvalue weighted by molar-refractivity contribution is 5.90. The van der Waals surface area contributed by atoms with Crippen molar-refractivity contribution < 1.29 is 39.5 Å². The molecule has 10 nitrogen and oxygen atoms in total. The number of carboxylic acid groups (broad SMARTS) is 1. The number of hydrogen-bond donors (Lipinski definition) is 5. The van der Waals surface area contributed by atoms with Crippen LogP contribution in [0, 0.1) is 0 Å². The molecule has 0 saturated carbocycles. The number of anilines is 1. The van der Waals surface area contributed by atoms with Gasteiger partial charge in [-0.2, -0.15) is 0 Å². The number of benzene rings is 3. The van der Waals surface area contributed by atoms with Crippen LogP contribution in [-0.2, 0) is 25.7 Å². The number of carbonyl (C=O) groups excluding carboxylic acids is 1. The van der Waals surface area contributed by atoms with E-state index >= 15 is 0 Å². The van der Waals surface area contributed by atoms with E-state index in [1.54, 1.807) is 42.5 Å². The molecule has 42 heavy (non-hydrogen) atoms. The van der Waals surface area contributed by atoms with Gasteiger partial charge in [0.05, 0.1) is 24.9 Å². The largest absolute Gasteiger partial charge is 0.508 e. The minimum Gasteiger partial charge on any atom is -0.508 e. The number of aliphatic hydroxyl groups excluding tert-OH is 2. The number of hydrogen-bond acceptors (Lipinski definition) is 8. The zero-order valence-electron chi connectivity index (χ0n) is 23.6. The molecule has 1 fully saturated rings. The second kappa shape index (κ2) is 14.9. The first-order valence-electron chi connectivity index (χ1n) is 14.0. The first-order chi connectivity index (χ1) is 20.2. The number of aliphatic hydroxyl groups is 2. The topological polar surface area (TPSA) is 149 Å². The SMILES string of the molecule is CN(CC1CC(c2ccc(CO)cc2)OC(c2cccc(NC(=O)CCCC(=O)O)c2)O1)CC(O)c1cccc(O)c1. The predicted octanol–water partition coefficient (Wildman–Crippen LogP) is 4.29. The maximum absolute atomic E-state index is 12.3. The fraction of sp³-hybridized carbons (Fsp3) is 0.375. The molecule has 1 amide bonds. The smallest absolute Gasteiger partial charge is 0.303 e. The number of nitrogens with zero attached hydrogens (tertiary/aromatic N) is 1. The third kappa shape index (κ3) is 9.10. The van der Waals surface area contributed by atoms with Crippen LogP contribution in [0.1, 0.15) is 66.4 Å². The Morgan fingerprint density at radius 1 is 1.00 bits per heavy atom. The Labute approximate surface area is 245 Å². The van der Waals surface area contributed by atoms with Crippen molar-refractivity contribution in [1.29, 1.82) is 0 Å². The number of phenolic OH excluding ortho intramolecular Hbond substituents is 1. The van der Waals surface area contributed by atoms with Gasteiger partial charge in [0.1, 0.15) is 5.75 Å². The van der Waals surface area contributed by atoms with Crippen LogP contribution in [0.5, 0.6) is 5.75 Å². The van der Waals surface area contributed by atoms with Gasteiger partial charge in [-0.1, -0.05) is 48.5 Å². The van der Waals surface area contributed by atoms with Crippen LogP contribution in [0.15, 0.2) is 72.8 Å². The average molecular weight is 579 g/mol. The summed E-state index contributed by atoms with van der Waals surface area (Å²) < 4.78 is 12.8. The van der Waals surface area contributed by atoms with Gasteiger partial charge in [-0.3, -0.25) is 9.59 Å². The van der Waals surface area contributed by atoms with Gasteiger partial charge in [0.15, 0.2) is 6.29 Å². The van der Waals surface area contributed by atoms with Crippen molar-refractivity contribution in [2.24, 2.45) is 0 Å². The van der Waals surface area contributed by atoms with E-state index in [2.05, 4.69) is 5.32 Å². The maximum atomic E-state index is 12.3. The highest BCUT2D eigenvalue weighted by atomic mass is 16.7. The molecule has 4 rings (SSSR count). The first-order valence-corrected chi connectivity index (χ1v) is 14.0. The lowest BCUT2D eigenvalue weighted by Crippen LogP contribution is -2.39. The van der Waals surface area contributed by atoms with Crippen molar-refractivity contribution in [3.05, 3.63) is 95.1 Å². The van der Waals surface area contributed by atoms with Gasteiger partial charge in [-0.25, -0.2) is 0 Å². The molecule has 0 bridgehead atoms. The third-order valence-electron chi connectivity index (χ3n) is 7.11. The molecule has 1 aliphatic rings. The van der Waals surface area contributed by atoms with E-state index in [-0.39, 0.29) is 49.7 Å². The van der Waals surface area contributed by atoms with Crippen LogP contribution in [0.4, 0.5) is 5.69 Å². The molecule has 4 atom stereocenters. The lowest BCUT2D eigenvalue weighted by Gasteiger charge is -2.38. The van der Waals surface area contributed by atoms with E-state index in [1.165, 1.54) is 0 Å². The maximum Gasteiger partial charge on any atom is 0.303 e. The molecule has 1 aliphatic heterocycles. The molecule has 1 saturated heterocycles. The lowest BCUT2D eigenvalue weighted by atomic mass is 9.99. The zero-order chi connectivity index (χ0) is 30.1. The number of rotatable bonds is 13. The number of ether oxygens (including phenoxy) is 2. The molecule has 10 heteroatoms. The minimum absolute atomic E-state index is 0.0543. The Bertz CT molecular complexity index is 1330. The Kier molecular flexibility index (Phi) is 11.0. The number of carboxylic acids is 1. The second-order valence-corrected chi connectivity index (χ2v) is 10.6. The summed E-state index contributed by atoms with van der Waals surface area (Å²) in [6.45, 7) is 0.774. The van der Waals surface area contributed by atoms with Gasteiger partial charge in [0, 0.05) is 43.6 Å². The Morgan fingerprint density at radius 3 is 2.48 bits per heavy atom. The average Bonchev–Trinajstić information content (AvgIpc) is 2.97. The van der Waals surface area contributed by atoms with Crippen molar-refractivity contribution in [1.82, 2.24) is 4.90 Å². The number of aromatic hydroxyl groups is 1. The lowest BCUT2D eigenvalue weighted by molar-refractivity contribution is -0.252. The number of likely N-dealkylation sites (N-methyl/N-ethyl adjacent to an activating group) is 1. The summed E-state index contributed by atoms with van der Waals surface area (Å²) in [6.07, 6.45) is -1.26. The van der Waals surface area contributed by atoms with E-state index in [0.717, 1.165) is 11.1 Å². The van der Waals surface area contributed by atoms with Gasteiger partial charge < -0.3 is 40.1 Å². The van der Waals surface area contributed by atoms with Crippen molar-refractivity contribution in [2.45, 2.75) is 56.9 Å². The quantitative estimate of drug-likeness (QED) is 0.200. The Balaban J connectivity index is 1.47. The molecule has 0 radical (unpaired) electrons. The van der Waals surface area contributed by atoms with E-state index in [4.69, 9.17) is 14.6 Å². The highest BCUT2D eigenvalue weighted by Crippen LogP contribution is 2.38. The number of phenols is 1. The molecule has 4 unspecified atom stereocenters. The normalized spacial score (nSPS) is 19.4. The summed E-state index contributed by atoms with van der Waals surface area (Å²) >= 11 is 0. The van der Waals surface area contributed by atoms with E-state index in [0.29, 0.717) is 36.3 Å². The monoisotopic (exact) mass is 578 g/mol. The first kappa shape index (κ1) is 31.1. The van der Waals surface area contributed by atoms with Crippen LogP contribution < -0.4 is 5.32 Å². The van der Waals surface area contributed by atoms with E-state index in [9.17, 15) is 24.9 Å². The Morgan fingerprint density at radius 2 is 1.76 bits per heavy atom. The molecular formula is C32H38N2O8. The number of nitrogens with one attached hydrogen (secondary N) is 1. The fourth-order valence-electron chi connectivity index (χ4n) is 4.97. The van der Waals surface area contributed by atoms with Gasteiger partial charge in [0.2, 0.25) is 5.91 Å². The predicted molar refractivity (Wildman–Crippen MR) is 156 cm³/mol. The van der Waals surface area contributed by atoms with Crippen LogP contribution in [0.2, 0.25) is 0 Å². The van der Waals surface area contributed by atoms with Crippen LogP contribution >= 0.6 is 0 Å². The van der Waals surface area contributed by atoms with Gasteiger partial charge >= 0.3 is 5.97 Å². The number of aliphatic carboxylic acids is 1. The minimum atomic E-state index is -0.939. The molecule has 3 aromatic carbocycles. The van der Waals surface area contributed by atoms with Gasteiger partial charge in [0.25, 0.3) is 0 Å². The standard InChI is InChI=1S/C32H38N2O8/c1-34(19-28(37)23-5-3-8-26(36)16-23)18-27-17-29(22-13-11-21(20-35)12-14-22)42-32(41-27)24-6-2-7-25(15-24)33-30(38)9-4-10-31(39)40/h2-3,5-8,11-16,27-29,32,35-37H,4,9-10,17-20H2,1H3,(H,33,38)(H,39,40). The Hall–Kier alpha value is -3.80. The molecule has 5 N–H and O–H groups in total. The van der Waals surface area contributed by atoms with Crippen molar-refractivity contribution in [3.8, 4) is 5.75 Å². The molecule has 0 spiro atoms. The summed E-state index contributed by atoms with van der Waals surface area (Å²) in [5, 5.41) is 41.6. The summed E-state index contributed by atoms with van der Waals surface area (Å²) in [4.78, 5) is 25.1. The number of amides is 1. The van der Waals surface area contributed by atoms with E-state index in [1.807, 2.05) is 42.3 Å². The molecule has 1 heterocycles. The van der Waals surface area contributed by atoms with Crippen LogP contribution in [-0.4, -0.2) is 63.4 Å². The fourth-order valence-corrected chi connectivity index (χ4v) is 4.97. The van der Waals surface area contributed by atoms with Gasteiger partial charge in [-0.15, -0.1) is 0 Å². The second-order valence-electron chi connectivity index (χ2n) is 10.6. The molecule has 0 aliphatic carbocycles. The summed E-state index contributed by atoms with van der Waals surface area (Å²) in [7, 11) is 1.89. The van der Waals surface area contributed by atoms with E-state index < -0.39 is 18.4 Å².